The zero-order valence-corrected chi connectivity index (χ0v) is 12.1. The van der Waals surface area contributed by atoms with Crippen LogP contribution in [0.2, 0.25) is 0 Å². The molecule has 0 atom stereocenters. The molecule has 0 aliphatic rings. The summed E-state index contributed by atoms with van der Waals surface area (Å²) in [6.45, 7) is 1.16. The zero-order valence-electron chi connectivity index (χ0n) is 10.5. The third-order valence-corrected chi connectivity index (χ3v) is 2.76. The van der Waals surface area contributed by atoms with E-state index in [2.05, 4.69) is 15.9 Å². The van der Waals surface area contributed by atoms with Gasteiger partial charge in [0, 0.05) is 16.1 Å². The van der Waals surface area contributed by atoms with Gasteiger partial charge >= 0.3 is 12.1 Å². The van der Waals surface area contributed by atoms with Gasteiger partial charge in [0.25, 0.3) is 0 Å². The number of hydrogen-bond donors (Lipinski definition) is 1. The molecule has 0 unspecified atom stereocenters. The maximum atomic E-state index is 12.1. The van der Waals surface area contributed by atoms with Crippen molar-refractivity contribution >= 4 is 28.0 Å². The van der Waals surface area contributed by atoms with Gasteiger partial charge in [-0.05, 0) is 30.7 Å². The molecule has 0 spiro atoms. The number of carboxylic acid groups (broad SMARTS) is 1. The first-order valence-electron chi connectivity index (χ1n) is 5.60. The molecule has 1 aromatic carbocycles. The molecule has 0 fully saturated rings. The number of carboxylic acids is 1. The van der Waals surface area contributed by atoms with Crippen LogP contribution in [-0.4, -0.2) is 23.9 Å². The smallest absolute Gasteiger partial charge is 0.392 e. The summed E-state index contributed by atoms with van der Waals surface area (Å²) in [5, 5.41) is 8.60. The maximum absolute atomic E-state index is 12.1. The number of halogens is 4. The molecule has 0 aromatic heterocycles. The Morgan fingerprint density at radius 2 is 2.10 bits per heavy atom. The van der Waals surface area contributed by atoms with Crippen molar-refractivity contribution in [3.63, 3.8) is 0 Å². The Hall–Kier alpha value is -1.50. The highest BCUT2D eigenvalue weighted by molar-refractivity contribution is 9.10. The lowest BCUT2D eigenvalue weighted by Gasteiger charge is -2.14. The number of aryl methyl sites for hydroxylation is 1. The van der Waals surface area contributed by atoms with Crippen molar-refractivity contribution in [3.8, 4) is 5.75 Å². The molecule has 1 aromatic rings. The molecule has 0 amide bonds. The van der Waals surface area contributed by atoms with Gasteiger partial charge in [-0.1, -0.05) is 15.9 Å². The Labute approximate surface area is 122 Å². The van der Waals surface area contributed by atoms with E-state index < -0.39 is 25.2 Å². The standard InChI is InChI=1S/C13H12BrF3O3/c1-8-6-10(14)7-9(2-3-11(18)19)12(8)20-5-4-13(15,16)17/h2-3,6-7H,4-5H2,1H3,(H,18,19)/b3-2+. The van der Waals surface area contributed by atoms with E-state index in [-0.39, 0.29) is 5.75 Å². The van der Waals surface area contributed by atoms with Gasteiger partial charge in [0.05, 0.1) is 13.0 Å². The van der Waals surface area contributed by atoms with Crippen LogP contribution >= 0.6 is 15.9 Å². The third kappa shape index (κ3) is 5.64. The van der Waals surface area contributed by atoms with Crippen molar-refractivity contribution < 1.29 is 27.8 Å². The third-order valence-electron chi connectivity index (χ3n) is 2.31. The fraction of sp³-hybridized carbons (Fsp3) is 0.308. The largest absolute Gasteiger partial charge is 0.492 e. The molecule has 0 saturated heterocycles. The molecular formula is C13H12BrF3O3. The molecule has 0 aliphatic carbocycles. The molecule has 7 heteroatoms. The summed E-state index contributed by atoms with van der Waals surface area (Å²) in [7, 11) is 0. The monoisotopic (exact) mass is 352 g/mol. The van der Waals surface area contributed by atoms with Crippen LogP contribution in [0.1, 0.15) is 17.5 Å². The molecule has 0 bridgehead atoms. The van der Waals surface area contributed by atoms with Crippen molar-refractivity contribution in [2.45, 2.75) is 19.5 Å². The molecule has 1 N–H and O–H groups in total. The lowest BCUT2D eigenvalue weighted by Crippen LogP contribution is -2.13. The van der Waals surface area contributed by atoms with Gasteiger partial charge in [0.15, 0.2) is 0 Å². The van der Waals surface area contributed by atoms with Gasteiger partial charge in [-0.3, -0.25) is 0 Å². The van der Waals surface area contributed by atoms with E-state index in [1.54, 1.807) is 19.1 Å². The first-order valence-corrected chi connectivity index (χ1v) is 6.39. The Balaban J connectivity index is 2.95. The summed E-state index contributed by atoms with van der Waals surface area (Å²) < 4.78 is 42.1. The Morgan fingerprint density at radius 3 is 2.65 bits per heavy atom. The second-order valence-electron chi connectivity index (χ2n) is 4.03. The van der Waals surface area contributed by atoms with E-state index in [0.717, 1.165) is 6.08 Å². The summed E-state index contributed by atoms with van der Waals surface area (Å²) in [5.41, 5.74) is 1.02. The summed E-state index contributed by atoms with van der Waals surface area (Å²) in [4.78, 5) is 10.5. The lowest BCUT2D eigenvalue weighted by atomic mass is 10.1. The van der Waals surface area contributed by atoms with Crippen LogP contribution in [0.25, 0.3) is 6.08 Å². The molecular weight excluding hydrogens is 341 g/mol. The highest BCUT2D eigenvalue weighted by Gasteiger charge is 2.27. The average molecular weight is 353 g/mol. The van der Waals surface area contributed by atoms with E-state index in [1.165, 1.54) is 6.08 Å². The minimum atomic E-state index is -4.29. The Bertz CT molecular complexity index is 524. The number of benzene rings is 1. The summed E-state index contributed by atoms with van der Waals surface area (Å²) in [5.74, 6) is -0.904. The number of rotatable bonds is 5. The first kappa shape index (κ1) is 16.6. The SMILES string of the molecule is Cc1cc(Br)cc(/C=C/C(=O)O)c1OCCC(F)(F)F. The lowest BCUT2D eigenvalue weighted by molar-refractivity contribution is -0.139. The van der Waals surface area contributed by atoms with E-state index >= 15 is 0 Å². The number of hydrogen-bond acceptors (Lipinski definition) is 2. The number of alkyl halides is 3. The van der Waals surface area contributed by atoms with Crippen LogP contribution in [0.5, 0.6) is 5.75 Å². The number of aliphatic carboxylic acids is 1. The van der Waals surface area contributed by atoms with Gasteiger partial charge in [-0.15, -0.1) is 0 Å². The minimum Gasteiger partial charge on any atom is -0.492 e. The van der Waals surface area contributed by atoms with Crippen LogP contribution in [0.4, 0.5) is 13.2 Å². The molecule has 0 aliphatic heterocycles. The van der Waals surface area contributed by atoms with E-state index in [4.69, 9.17) is 9.84 Å². The van der Waals surface area contributed by atoms with Crippen LogP contribution in [0, 0.1) is 6.92 Å². The zero-order chi connectivity index (χ0) is 15.3. The van der Waals surface area contributed by atoms with Crippen molar-refractivity contribution in [2.24, 2.45) is 0 Å². The molecule has 3 nitrogen and oxygen atoms in total. The van der Waals surface area contributed by atoms with Gasteiger partial charge < -0.3 is 9.84 Å². The Kier molecular flexibility index (Phi) is 5.62. The van der Waals surface area contributed by atoms with Crippen molar-refractivity contribution in [1.29, 1.82) is 0 Å². The Morgan fingerprint density at radius 1 is 1.45 bits per heavy atom. The predicted molar refractivity (Wildman–Crippen MR) is 71.7 cm³/mol. The topological polar surface area (TPSA) is 46.5 Å². The highest BCUT2D eigenvalue weighted by atomic mass is 79.9. The van der Waals surface area contributed by atoms with Crippen LogP contribution in [0.15, 0.2) is 22.7 Å². The van der Waals surface area contributed by atoms with E-state index in [1.807, 2.05) is 0 Å². The summed E-state index contributed by atoms with van der Waals surface area (Å²) >= 11 is 3.24. The van der Waals surface area contributed by atoms with Crippen LogP contribution in [0.3, 0.4) is 0 Å². The second kappa shape index (κ2) is 6.78. The quantitative estimate of drug-likeness (QED) is 0.808. The normalized spacial score (nSPS) is 11.8. The number of ether oxygens (including phenoxy) is 1. The molecule has 0 saturated carbocycles. The molecule has 110 valence electrons. The van der Waals surface area contributed by atoms with Crippen LogP contribution < -0.4 is 4.74 Å². The van der Waals surface area contributed by atoms with Gasteiger partial charge in [-0.2, -0.15) is 13.2 Å². The predicted octanol–water partition coefficient (Wildman–Crippen LogP) is 4.19. The molecule has 0 radical (unpaired) electrons. The van der Waals surface area contributed by atoms with Gasteiger partial charge in [0.1, 0.15) is 5.75 Å². The first-order chi connectivity index (χ1) is 9.19. The number of carbonyl (C=O) groups is 1. The molecule has 1 rings (SSSR count). The fourth-order valence-electron chi connectivity index (χ4n) is 1.51. The van der Waals surface area contributed by atoms with E-state index in [0.29, 0.717) is 15.6 Å². The molecule has 0 heterocycles. The van der Waals surface area contributed by atoms with Gasteiger partial charge in [-0.25, -0.2) is 4.79 Å². The van der Waals surface area contributed by atoms with Crippen molar-refractivity contribution in [1.82, 2.24) is 0 Å². The summed E-state index contributed by atoms with van der Waals surface area (Å²) in [6.07, 6.45) is -3.17. The highest BCUT2D eigenvalue weighted by Crippen LogP contribution is 2.30. The average Bonchev–Trinajstić information content (AvgIpc) is 2.27. The second-order valence-corrected chi connectivity index (χ2v) is 4.94. The minimum absolute atomic E-state index is 0.245. The maximum Gasteiger partial charge on any atom is 0.392 e. The van der Waals surface area contributed by atoms with Crippen molar-refractivity contribution in [3.05, 3.63) is 33.8 Å². The fourth-order valence-corrected chi connectivity index (χ4v) is 2.10. The van der Waals surface area contributed by atoms with Crippen LogP contribution in [-0.2, 0) is 4.79 Å². The van der Waals surface area contributed by atoms with Gasteiger partial charge in [0.2, 0.25) is 0 Å². The van der Waals surface area contributed by atoms with E-state index in [9.17, 15) is 18.0 Å². The molecule has 20 heavy (non-hydrogen) atoms. The van der Waals surface area contributed by atoms with Crippen molar-refractivity contribution in [2.75, 3.05) is 6.61 Å². The summed E-state index contributed by atoms with van der Waals surface area (Å²) in [6, 6.07) is 3.26.